The Labute approximate surface area is 167 Å². The Morgan fingerprint density at radius 2 is 1.78 bits per heavy atom. The molecule has 1 aliphatic rings. The van der Waals surface area contributed by atoms with E-state index < -0.39 is 16.2 Å². The zero-order chi connectivity index (χ0) is 19.8. The van der Waals surface area contributed by atoms with E-state index >= 15 is 0 Å². The van der Waals surface area contributed by atoms with Gasteiger partial charge in [-0.2, -0.15) is 8.42 Å². The second-order valence-electron chi connectivity index (χ2n) is 6.47. The highest BCUT2D eigenvalue weighted by Gasteiger charge is 2.36. The lowest BCUT2D eigenvalue weighted by atomic mass is 9.95. The number of carbonyl (C=O) groups is 1. The minimum atomic E-state index is -4.20. The van der Waals surface area contributed by atoms with E-state index in [0.29, 0.717) is 10.0 Å². The van der Waals surface area contributed by atoms with Crippen LogP contribution >= 0.6 is 23.2 Å². The van der Waals surface area contributed by atoms with E-state index in [1.165, 1.54) is 17.0 Å². The molecule has 2 aromatic rings. The van der Waals surface area contributed by atoms with Crippen LogP contribution in [-0.2, 0) is 14.3 Å². The fourth-order valence-electron chi connectivity index (χ4n) is 2.97. The van der Waals surface area contributed by atoms with Gasteiger partial charge in [-0.1, -0.05) is 47.0 Å². The highest BCUT2D eigenvalue weighted by atomic mass is 35.5. The van der Waals surface area contributed by atoms with Crippen LogP contribution in [-0.4, -0.2) is 38.5 Å². The van der Waals surface area contributed by atoms with Gasteiger partial charge in [-0.05, 0) is 36.8 Å². The number of benzene rings is 2. The number of amides is 1. The average molecular weight is 429 g/mol. The van der Waals surface area contributed by atoms with Crippen molar-refractivity contribution >= 4 is 39.4 Å². The fourth-order valence-corrected chi connectivity index (χ4v) is 4.14. The Kier molecular flexibility index (Phi) is 5.67. The van der Waals surface area contributed by atoms with Crippen molar-refractivity contribution in [1.82, 2.24) is 4.90 Å². The first-order chi connectivity index (χ1) is 12.7. The number of aryl methyl sites for hydroxylation is 1. The Hall–Kier alpha value is -1.80. The highest BCUT2D eigenvalue weighted by molar-refractivity contribution is 7.87. The first-order valence-corrected chi connectivity index (χ1v) is 10.3. The van der Waals surface area contributed by atoms with Crippen molar-refractivity contribution in [2.45, 2.75) is 23.8 Å². The van der Waals surface area contributed by atoms with Crippen LogP contribution in [0.15, 0.2) is 47.4 Å². The molecule has 0 saturated carbocycles. The number of nitrogens with zero attached hydrogens (tertiary/aromatic N) is 1. The van der Waals surface area contributed by atoms with E-state index in [0.717, 1.165) is 11.1 Å². The maximum absolute atomic E-state index is 12.4. The number of likely N-dealkylation sites (tertiary alicyclic amines) is 1. The number of carbonyl (C=O) groups excluding carboxylic acids is 1. The molecule has 0 radical (unpaired) electrons. The molecule has 2 N–H and O–H groups in total. The molecule has 1 amide bonds. The average Bonchev–Trinajstić information content (AvgIpc) is 2.99. The second-order valence-corrected chi connectivity index (χ2v) is 8.83. The summed E-state index contributed by atoms with van der Waals surface area (Å²) < 4.78 is 29.4. The molecule has 0 bridgehead atoms. The molecule has 3 rings (SSSR count). The maximum atomic E-state index is 12.4. The SMILES string of the molecule is Cc1ccc(S(=O)(=O)OC(=O)N2C[C@@H](N)[C@H](c3ccc(Cl)c(Cl)c3)C2)cc1. The summed E-state index contributed by atoms with van der Waals surface area (Å²) in [7, 11) is -4.20. The molecule has 2 aromatic carbocycles. The van der Waals surface area contributed by atoms with Crippen LogP contribution in [0.1, 0.15) is 17.0 Å². The first-order valence-electron chi connectivity index (χ1n) is 8.18. The molecule has 0 aromatic heterocycles. The van der Waals surface area contributed by atoms with E-state index in [-0.39, 0.29) is 29.9 Å². The summed E-state index contributed by atoms with van der Waals surface area (Å²) >= 11 is 12.0. The molecule has 9 heteroatoms. The van der Waals surface area contributed by atoms with E-state index in [1.54, 1.807) is 30.3 Å². The third-order valence-corrected chi connectivity index (χ3v) is 6.44. The Bertz CT molecular complexity index is 964. The smallest absolute Gasteiger partial charge is 0.326 e. The number of nitrogens with two attached hydrogens (primary N) is 1. The van der Waals surface area contributed by atoms with Gasteiger partial charge in [0.25, 0.3) is 0 Å². The molecule has 1 heterocycles. The molecule has 1 saturated heterocycles. The van der Waals surface area contributed by atoms with E-state index in [2.05, 4.69) is 0 Å². The summed E-state index contributed by atoms with van der Waals surface area (Å²) in [6, 6.07) is 10.8. The molecule has 0 aliphatic carbocycles. The summed E-state index contributed by atoms with van der Waals surface area (Å²) in [6.07, 6.45) is -0.950. The third kappa shape index (κ3) is 4.38. The lowest BCUT2D eigenvalue weighted by Gasteiger charge is -2.16. The van der Waals surface area contributed by atoms with Gasteiger partial charge in [-0.25, -0.2) is 4.79 Å². The van der Waals surface area contributed by atoms with Gasteiger partial charge in [0.15, 0.2) is 0 Å². The van der Waals surface area contributed by atoms with Gasteiger partial charge < -0.3 is 14.8 Å². The van der Waals surface area contributed by atoms with E-state index in [9.17, 15) is 13.2 Å². The summed E-state index contributed by atoms with van der Waals surface area (Å²) in [6.45, 7) is 2.23. The van der Waals surface area contributed by atoms with Crippen molar-refractivity contribution in [2.75, 3.05) is 13.1 Å². The predicted octanol–water partition coefficient (Wildman–Crippen LogP) is 3.55. The summed E-state index contributed by atoms with van der Waals surface area (Å²) in [5, 5.41) is 0.816. The van der Waals surface area contributed by atoms with Gasteiger partial charge in [-0.3, -0.25) is 0 Å². The van der Waals surface area contributed by atoms with Gasteiger partial charge in [0.2, 0.25) is 0 Å². The van der Waals surface area contributed by atoms with Crippen molar-refractivity contribution in [3.63, 3.8) is 0 Å². The largest absolute Gasteiger partial charge is 0.425 e. The van der Waals surface area contributed by atoms with Crippen LogP contribution in [0.2, 0.25) is 10.0 Å². The lowest BCUT2D eigenvalue weighted by Crippen LogP contribution is -2.33. The monoisotopic (exact) mass is 428 g/mol. The topological polar surface area (TPSA) is 89.7 Å². The number of rotatable bonds is 3. The molecule has 1 aliphatic heterocycles. The van der Waals surface area contributed by atoms with Crippen molar-refractivity contribution in [1.29, 1.82) is 0 Å². The predicted molar refractivity (Wildman–Crippen MR) is 104 cm³/mol. The number of halogens is 2. The van der Waals surface area contributed by atoms with Gasteiger partial charge in [0, 0.05) is 25.0 Å². The molecule has 27 heavy (non-hydrogen) atoms. The first kappa shape index (κ1) is 19.9. The maximum Gasteiger partial charge on any atom is 0.425 e. The zero-order valence-corrected chi connectivity index (χ0v) is 16.8. The van der Waals surface area contributed by atoms with Gasteiger partial charge in [-0.15, -0.1) is 0 Å². The van der Waals surface area contributed by atoms with Crippen LogP contribution < -0.4 is 5.73 Å². The summed E-state index contributed by atoms with van der Waals surface area (Å²) in [4.78, 5) is 13.6. The van der Waals surface area contributed by atoms with Crippen LogP contribution in [0.25, 0.3) is 0 Å². The highest BCUT2D eigenvalue weighted by Crippen LogP contribution is 2.32. The lowest BCUT2D eigenvalue weighted by molar-refractivity contribution is 0.164. The van der Waals surface area contributed by atoms with E-state index in [1.807, 2.05) is 6.92 Å². The van der Waals surface area contributed by atoms with Crippen LogP contribution in [0, 0.1) is 6.92 Å². The van der Waals surface area contributed by atoms with Crippen LogP contribution in [0.4, 0.5) is 4.79 Å². The second kappa shape index (κ2) is 7.67. The van der Waals surface area contributed by atoms with Gasteiger partial charge in [0.1, 0.15) is 4.90 Å². The fraction of sp³-hybridized carbons (Fsp3) is 0.278. The van der Waals surface area contributed by atoms with Gasteiger partial charge in [0.05, 0.1) is 10.0 Å². The number of hydrogen-bond acceptors (Lipinski definition) is 5. The normalized spacial score (nSPS) is 19.9. The third-order valence-electron chi connectivity index (χ3n) is 4.49. The molecule has 144 valence electrons. The Morgan fingerprint density at radius 1 is 1.11 bits per heavy atom. The van der Waals surface area contributed by atoms with Gasteiger partial charge >= 0.3 is 16.2 Å². The molecular formula is C18H18Cl2N2O4S. The van der Waals surface area contributed by atoms with Crippen LogP contribution in [0.5, 0.6) is 0 Å². The molecule has 2 atom stereocenters. The van der Waals surface area contributed by atoms with Crippen molar-refractivity contribution in [2.24, 2.45) is 5.73 Å². The molecule has 1 fully saturated rings. The standard InChI is InChI=1S/C18H18Cl2N2O4S/c1-11-2-5-13(6-3-11)27(24,25)26-18(23)22-9-14(17(21)10-22)12-4-7-15(19)16(20)8-12/h2-8,14,17H,9-10,21H2,1H3/t14-,17+/m0/s1. The summed E-state index contributed by atoms with van der Waals surface area (Å²) in [5.74, 6) is -0.200. The van der Waals surface area contributed by atoms with Crippen molar-refractivity contribution < 1.29 is 17.4 Å². The Morgan fingerprint density at radius 3 is 2.41 bits per heavy atom. The molecular weight excluding hydrogens is 411 g/mol. The van der Waals surface area contributed by atoms with Crippen LogP contribution in [0.3, 0.4) is 0 Å². The van der Waals surface area contributed by atoms with Crippen molar-refractivity contribution in [3.8, 4) is 0 Å². The minimum Gasteiger partial charge on any atom is -0.326 e. The Balaban J connectivity index is 1.72. The zero-order valence-electron chi connectivity index (χ0n) is 14.4. The number of hydrogen-bond donors (Lipinski definition) is 1. The molecule has 0 spiro atoms. The molecule has 6 nitrogen and oxygen atoms in total. The quantitative estimate of drug-likeness (QED) is 0.754. The minimum absolute atomic E-state index is 0.0778. The molecule has 0 unspecified atom stereocenters. The summed E-state index contributed by atoms with van der Waals surface area (Å²) in [5.41, 5.74) is 7.87. The van der Waals surface area contributed by atoms with Crippen molar-refractivity contribution in [3.05, 3.63) is 63.6 Å². The van der Waals surface area contributed by atoms with E-state index in [4.69, 9.17) is 33.1 Å².